The second kappa shape index (κ2) is 10.8. The fourth-order valence-corrected chi connectivity index (χ4v) is 5.74. The van der Waals surface area contributed by atoms with Gasteiger partial charge < -0.3 is 10.2 Å². The van der Waals surface area contributed by atoms with E-state index in [1.54, 1.807) is 6.07 Å². The van der Waals surface area contributed by atoms with Crippen LogP contribution in [0.25, 0.3) is 10.8 Å². The van der Waals surface area contributed by atoms with Crippen molar-refractivity contribution in [3.63, 3.8) is 0 Å². The highest BCUT2D eigenvalue weighted by Gasteiger charge is 2.38. The molecule has 3 aromatic carbocycles. The average molecular weight is 488 g/mol. The van der Waals surface area contributed by atoms with Crippen molar-refractivity contribution in [2.75, 3.05) is 26.2 Å². The standard InChI is InChI=1S/C30H34FN3O2/c31-27-12-4-2-8-25(27)22-33-17-6-18-34(20-19-33)29(36)14-16-30(15-13-28(35)32-30)21-24-10-5-9-23-7-1-3-11-26(23)24/h1-5,7-12H,6,13-22H2,(H,32,35). The first-order chi connectivity index (χ1) is 17.5. The molecule has 5 rings (SSSR count). The molecule has 0 bridgehead atoms. The summed E-state index contributed by atoms with van der Waals surface area (Å²) in [7, 11) is 0. The van der Waals surface area contributed by atoms with E-state index in [0.29, 0.717) is 37.9 Å². The molecular weight excluding hydrogens is 453 g/mol. The van der Waals surface area contributed by atoms with Crippen LogP contribution in [0.2, 0.25) is 0 Å². The van der Waals surface area contributed by atoms with Crippen molar-refractivity contribution in [1.82, 2.24) is 15.1 Å². The Kier molecular flexibility index (Phi) is 7.33. The molecule has 5 nitrogen and oxygen atoms in total. The molecule has 2 aliphatic heterocycles. The van der Waals surface area contributed by atoms with Gasteiger partial charge in [-0.1, -0.05) is 60.7 Å². The van der Waals surface area contributed by atoms with Gasteiger partial charge in [-0.05, 0) is 48.1 Å². The average Bonchev–Trinajstić information content (AvgIpc) is 3.09. The van der Waals surface area contributed by atoms with Crippen LogP contribution in [-0.4, -0.2) is 53.3 Å². The van der Waals surface area contributed by atoms with Gasteiger partial charge in [0.05, 0.1) is 0 Å². The molecule has 1 atom stereocenters. The second-order valence-electron chi connectivity index (χ2n) is 10.2. The van der Waals surface area contributed by atoms with Gasteiger partial charge in [-0.25, -0.2) is 4.39 Å². The number of nitrogens with zero attached hydrogens (tertiary/aromatic N) is 2. The van der Waals surface area contributed by atoms with Crippen LogP contribution in [0.5, 0.6) is 0 Å². The Morgan fingerprint density at radius 3 is 2.53 bits per heavy atom. The van der Waals surface area contributed by atoms with Crippen LogP contribution in [0.15, 0.2) is 66.7 Å². The van der Waals surface area contributed by atoms with E-state index >= 15 is 0 Å². The van der Waals surface area contributed by atoms with E-state index in [9.17, 15) is 14.0 Å². The predicted octanol–water partition coefficient (Wildman–Crippen LogP) is 4.68. The first-order valence-electron chi connectivity index (χ1n) is 13.0. The van der Waals surface area contributed by atoms with Gasteiger partial charge in [0.2, 0.25) is 11.8 Å². The van der Waals surface area contributed by atoms with E-state index in [1.165, 1.54) is 22.4 Å². The summed E-state index contributed by atoms with van der Waals surface area (Å²) in [6.07, 6.45) is 3.91. The van der Waals surface area contributed by atoms with E-state index in [-0.39, 0.29) is 23.2 Å². The Bertz CT molecular complexity index is 1240. The summed E-state index contributed by atoms with van der Waals surface area (Å²) in [6, 6.07) is 21.5. The minimum Gasteiger partial charge on any atom is -0.350 e. The largest absolute Gasteiger partial charge is 0.350 e. The lowest BCUT2D eigenvalue weighted by molar-refractivity contribution is -0.131. The molecule has 1 N–H and O–H groups in total. The maximum Gasteiger partial charge on any atom is 0.222 e. The van der Waals surface area contributed by atoms with Gasteiger partial charge in [0.25, 0.3) is 0 Å². The highest BCUT2D eigenvalue weighted by atomic mass is 19.1. The Labute approximate surface area is 212 Å². The quantitative estimate of drug-likeness (QED) is 0.526. The number of benzene rings is 3. The van der Waals surface area contributed by atoms with E-state index in [1.807, 2.05) is 29.2 Å². The minimum absolute atomic E-state index is 0.0706. The molecule has 0 spiro atoms. The zero-order valence-corrected chi connectivity index (χ0v) is 20.7. The Morgan fingerprint density at radius 2 is 1.69 bits per heavy atom. The summed E-state index contributed by atoms with van der Waals surface area (Å²) in [4.78, 5) is 29.7. The minimum atomic E-state index is -0.389. The summed E-state index contributed by atoms with van der Waals surface area (Å²) in [5, 5.41) is 5.63. The normalized spacial score (nSPS) is 20.9. The number of amides is 2. The van der Waals surface area contributed by atoms with Gasteiger partial charge in [0.1, 0.15) is 5.82 Å². The molecule has 2 heterocycles. The van der Waals surface area contributed by atoms with Crippen LogP contribution < -0.4 is 5.32 Å². The second-order valence-corrected chi connectivity index (χ2v) is 10.2. The Hall–Kier alpha value is -3.25. The molecule has 36 heavy (non-hydrogen) atoms. The lowest BCUT2D eigenvalue weighted by Crippen LogP contribution is -2.45. The zero-order chi connectivity index (χ0) is 25.0. The van der Waals surface area contributed by atoms with Crippen LogP contribution in [0.3, 0.4) is 0 Å². The molecule has 1 unspecified atom stereocenters. The van der Waals surface area contributed by atoms with Crippen molar-refractivity contribution in [3.05, 3.63) is 83.7 Å². The monoisotopic (exact) mass is 487 g/mol. The third kappa shape index (κ3) is 5.59. The van der Waals surface area contributed by atoms with Crippen LogP contribution in [-0.2, 0) is 22.6 Å². The van der Waals surface area contributed by atoms with Gasteiger partial charge in [0, 0.05) is 56.7 Å². The summed E-state index contributed by atoms with van der Waals surface area (Å²) in [5.74, 6) is 0.0345. The Morgan fingerprint density at radius 1 is 0.917 bits per heavy atom. The van der Waals surface area contributed by atoms with Gasteiger partial charge in [-0.3, -0.25) is 14.5 Å². The number of rotatable bonds is 7. The topological polar surface area (TPSA) is 52.7 Å². The SMILES string of the molecule is O=C1CCC(CCC(=O)N2CCCN(Cc3ccccc3F)CC2)(Cc2cccc3ccccc23)N1. The van der Waals surface area contributed by atoms with Crippen molar-refractivity contribution >= 4 is 22.6 Å². The number of halogens is 1. The molecule has 0 radical (unpaired) electrons. The van der Waals surface area contributed by atoms with Crippen molar-refractivity contribution in [3.8, 4) is 0 Å². The third-order valence-electron chi connectivity index (χ3n) is 7.75. The molecule has 188 valence electrons. The molecule has 6 heteroatoms. The van der Waals surface area contributed by atoms with E-state index in [4.69, 9.17) is 0 Å². The highest BCUT2D eigenvalue weighted by Crippen LogP contribution is 2.32. The molecule has 2 saturated heterocycles. The number of carbonyl (C=O) groups excluding carboxylic acids is 2. The molecule has 2 aliphatic rings. The van der Waals surface area contributed by atoms with Gasteiger partial charge in [-0.15, -0.1) is 0 Å². The first-order valence-corrected chi connectivity index (χ1v) is 13.0. The van der Waals surface area contributed by atoms with Crippen molar-refractivity contribution in [2.24, 2.45) is 0 Å². The molecule has 0 saturated carbocycles. The predicted molar refractivity (Wildman–Crippen MR) is 140 cm³/mol. The van der Waals surface area contributed by atoms with E-state index in [0.717, 1.165) is 38.9 Å². The van der Waals surface area contributed by atoms with Crippen molar-refractivity contribution in [1.29, 1.82) is 0 Å². The molecule has 0 aromatic heterocycles. The van der Waals surface area contributed by atoms with Gasteiger partial charge >= 0.3 is 0 Å². The highest BCUT2D eigenvalue weighted by molar-refractivity contribution is 5.86. The number of nitrogens with one attached hydrogen (secondary N) is 1. The summed E-state index contributed by atoms with van der Waals surface area (Å²) in [5.41, 5.74) is 1.52. The number of fused-ring (bicyclic) bond motifs is 1. The van der Waals surface area contributed by atoms with Crippen LogP contribution in [0.1, 0.15) is 43.2 Å². The maximum absolute atomic E-state index is 14.1. The lowest BCUT2D eigenvalue weighted by Gasteiger charge is -2.31. The van der Waals surface area contributed by atoms with Crippen LogP contribution in [0.4, 0.5) is 4.39 Å². The van der Waals surface area contributed by atoms with Crippen molar-refractivity contribution < 1.29 is 14.0 Å². The van der Waals surface area contributed by atoms with E-state index < -0.39 is 0 Å². The van der Waals surface area contributed by atoms with Gasteiger partial charge in [-0.2, -0.15) is 0 Å². The summed E-state index contributed by atoms with van der Waals surface area (Å²) in [6.45, 7) is 3.51. The first kappa shape index (κ1) is 24.4. The summed E-state index contributed by atoms with van der Waals surface area (Å²) < 4.78 is 14.1. The number of carbonyl (C=O) groups is 2. The molecule has 2 fully saturated rings. The third-order valence-corrected chi connectivity index (χ3v) is 7.75. The molecule has 3 aromatic rings. The lowest BCUT2D eigenvalue weighted by atomic mass is 9.83. The molecule has 0 aliphatic carbocycles. The Balaban J connectivity index is 1.22. The van der Waals surface area contributed by atoms with Gasteiger partial charge in [0.15, 0.2) is 0 Å². The fourth-order valence-electron chi connectivity index (χ4n) is 5.74. The smallest absolute Gasteiger partial charge is 0.222 e. The van der Waals surface area contributed by atoms with E-state index in [2.05, 4.69) is 40.5 Å². The fraction of sp³-hybridized carbons (Fsp3) is 0.400. The zero-order valence-electron chi connectivity index (χ0n) is 20.7. The number of hydrogen-bond acceptors (Lipinski definition) is 3. The molecule has 2 amide bonds. The summed E-state index contributed by atoms with van der Waals surface area (Å²) >= 11 is 0. The maximum atomic E-state index is 14.1. The number of hydrogen-bond donors (Lipinski definition) is 1. The van der Waals surface area contributed by atoms with Crippen molar-refractivity contribution in [2.45, 2.75) is 50.6 Å². The van der Waals surface area contributed by atoms with Crippen LogP contribution in [0, 0.1) is 5.82 Å². The molecular formula is C30H34FN3O2. The van der Waals surface area contributed by atoms with Crippen LogP contribution >= 0.6 is 0 Å².